The van der Waals surface area contributed by atoms with Crippen LogP contribution in [0.15, 0.2) is 12.1 Å². The molecule has 0 fully saturated rings. The van der Waals surface area contributed by atoms with Crippen molar-refractivity contribution in [3.8, 4) is 11.5 Å². The average molecular weight is 405 g/mol. The van der Waals surface area contributed by atoms with E-state index in [1.54, 1.807) is 0 Å². The Morgan fingerprint density at radius 3 is 1.93 bits per heavy atom. The summed E-state index contributed by atoms with van der Waals surface area (Å²) in [4.78, 5) is 4.60. The Hall–Kier alpha value is -1.58. The molecule has 0 saturated heterocycles. The van der Waals surface area contributed by atoms with Crippen LogP contribution in [-0.2, 0) is 0 Å². The molecule has 0 atom stereocenters. The maximum Gasteiger partial charge on any atom is 0.183 e. The van der Waals surface area contributed by atoms with Crippen LogP contribution in [0.5, 0.6) is 11.5 Å². The highest BCUT2D eigenvalue weighted by atomic mass is 16.5. The van der Waals surface area contributed by atoms with Gasteiger partial charge in [-0.05, 0) is 46.2 Å². The fourth-order valence-electron chi connectivity index (χ4n) is 4.13. The second kappa shape index (κ2) is 12.2. The molecule has 0 amide bonds. The Labute approximate surface area is 179 Å². The average Bonchev–Trinajstić information content (AvgIpc) is 3.08. The molecule has 0 aliphatic carbocycles. The van der Waals surface area contributed by atoms with Crippen molar-refractivity contribution in [2.75, 3.05) is 23.1 Å². The van der Waals surface area contributed by atoms with Crippen molar-refractivity contribution in [1.29, 1.82) is 0 Å². The number of ether oxygens (including phenoxy) is 1. The van der Waals surface area contributed by atoms with Crippen molar-refractivity contribution in [3.05, 3.63) is 12.1 Å². The molecule has 0 unspecified atom stereocenters. The van der Waals surface area contributed by atoms with Crippen molar-refractivity contribution < 1.29 is 9.84 Å². The minimum absolute atomic E-state index is 0.298. The first-order valence-electron chi connectivity index (χ1n) is 12.0. The molecule has 0 saturated carbocycles. The number of benzene rings is 1. The third-order valence-electron chi connectivity index (χ3n) is 6.00. The highest BCUT2D eigenvalue weighted by molar-refractivity contribution is 5.84. The molecule has 4 heteroatoms. The molecule has 1 heterocycles. The molecule has 0 radical (unpaired) electrons. The van der Waals surface area contributed by atoms with E-state index in [-0.39, 0.29) is 0 Å². The fourth-order valence-corrected chi connectivity index (χ4v) is 4.13. The number of fused-ring (bicyclic) bond motifs is 1. The van der Waals surface area contributed by atoms with Gasteiger partial charge in [0.05, 0.1) is 19.0 Å². The van der Waals surface area contributed by atoms with E-state index >= 15 is 0 Å². The van der Waals surface area contributed by atoms with Gasteiger partial charge in [0.15, 0.2) is 11.5 Å². The van der Waals surface area contributed by atoms with Crippen molar-refractivity contribution in [3.63, 3.8) is 0 Å². The highest BCUT2D eigenvalue weighted by Gasteiger charge is 2.33. The van der Waals surface area contributed by atoms with E-state index < -0.39 is 0 Å². The second-order valence-corrected chi connectivity index (χ2v) is 9.08. The summed E-state index contributed by atoms with van der Waals surface area (Å²) < 4.78 is 5.96. The number of aromatic hydroxyl groups is 1. The van der Waals surface area contributed by atoms with Crippen LogP contribution >= 0.6 is 0 Å². The van der Waals surface area contributed by atoms with Gasteiger partial charge >= 0.3 is 0 Å². The van der Waals surface area contributed by atoms with E-state index in [0.29, 0.717) is 30.2 Å². The van der Waals surface area contributed by atoms with Crippen LogP contribution in [0.25, 0.3) is 0 Å². The summed E-state index contributed by atoms with van der Waals surface area (Å²) in [5, 5.41) is 10.9. The van der Waals surface area contributed by atoms with Gasteiger partial charge in [-0.2, -0.15) is 0 Å². The van der Waals surface area contributed by atoms with Crippen LogP contribution in [0.1, 0.15) is 98.8 Å². The predicted molar refractivity (Wildman–Crippen MR) is 126 cm³/mol. The molecule has 0 aromatic heterocycles. The van der Waals surface area contributed by atoms with Crippen molar-refractivity contribution >= 4 is 11.4 Å². The summed E-state index contributed by atoms with van der Waals surface area (Å²) in [7, 11) is 0. The lowest BCUT2D eigenvalue weighted by Crippen LogP contribution is -2.38. The molecule has 29 heavy (non-hydrogen) atoms. The molecule has 1 aliphatic heterocycles. The molecule has 166 valence electrons. The molecule has 1 aromatic carbocycles. The van der Waals surface area contributed by atoms with Gasteiger partial charge in [0.2, 0.25) is 0 Å². The smallest absolute Gasteiger partial charge is 0.183 e. The zero-order valence-electron chi connectivity index (χ0n) is 19.5. The second-order valence-electron chi connectivity index (χ2n) is 9.08. The lowest BCUT2D eigenvalue weighted by molar-refractivity contribution is 0.289. The number of phenolic OH excluding ortho intramolecular Hbond substituents is 1. The third-order valence-corrected chi connectivity index (χ3v) is 6.00. The topological polar surface area (TPSA) is 35.9 Å². The number of hydrogen-bond acceptors (Lipinski definition) is 4. The quantitative estimate of drug-likeness (QED) is 0.336. The number of phenols is 1. The Bertz CT molecular complexity index is 601. The maximum absolute atomic E-state index is 10.9. The van der Waals surface area contributed by atoms with Crippen LogP contribution < -0.4 is 14.5 Å². The van der Waals surface area contributed by atoms with Crippen LogP contribution in [-0.4, -0.2) is 30.5 Å². The lowest BCUT2D eigenvalue weighted by atomic mass is 10.1. The summed E-state index contributed by atoms with van der Waals surface area (Å²) >= 11 is 0. The highest BCUT2D eigenvalue weighted by Crippen LogP contribution is 2.48. The van der Waals surface area contributed by atoms with Crippen LogP contribution in [0.2, 0.25) is 0 Å². The molecule has 1 aliphatic rings. The molecular weight excluding hydrogens is 360 g/mol. The SMILES string of the molecule is CCCCCCCCCCCCOc1ccc2c(c1O)N(C(C)C)CN2C(C)C. The fraction of sp³-hybridized carbons (Fsp3) is 0.760. The Morgan fingerprint density at radius 2 is 1.38 bits per heavy atom. The standard InChI is InChI=1S/C25H44N2O2/c1-6-7-8-9-10-11-12-13-14-15-18-29-23-17-16-22-24(25(23)28)27(21(4)5)19-26(22)20(2)3/h16-17,20-21,28H,6-15,18-19H2,1-5H3. The van der Waals surface area contributed by atoms with E-state index in [2.05, 4.69) is 50.5 Å². The Balaban J connectivity index is 1.76. The summed E-state index contributed by atoms with van der Waals surface area (Å²) in [5.41, 5.74) is 2.03. The summed E-state index contributed by atoms with van der Waals surface area (Å²) in [5.74, 6) is 0.919. The van der Waals surface area contributed by atoms with Crippen molar-refractivity contribution in [2.24, 2.45) is 0 Å². The first-order chi connectivity index (χ1) is 14.0. The molecule has 1 N–H and O–H groups in total. The van der Waals surface area contributed by atoms with Gasteiger partial charge in [-0.3, -0.25) is 0 Å². The zero-order valence-corrected chi connectivity index (χ0v) is 19.5. The summed E-state index contributed by atoms with van der Waals surface area (Å²) in [6.45, 7) is 12.5. The Morgan fingerprint density at radius 1 is 0.828 bits per heavy atom. The number of nitrogens with zero attached hydrogens (tertiary/aromatic N) is 2. The van der Waals surface area contributed by atoms with Gasteiger partial charge < -0.3 is 19.6 Å². The van der Waals surface area contributed by atoms with Crippen molar-refractivity contribution in [2.45, 2.75) is 111 Å². The van der Waals surface area contributed by atoms with Gasteiger partial charge in [0, 0.05) is 12.1 Å². The van der Waals surface area contributed by atoms with Crippen LogP contribution in [0.4, 0.5) is 11.4 Å². The third kappa shape index (κ3) is 6.72. The largest absolute Gasteiger partial charge is 0.503 e. The number of hydrogen-bond donors (Lipinski definition) is 1. The van der Waals surface area contributed by atoms with Gasteiger partial charge in [-0.15, -0.1) is 0 Å². The van der Waals surface area contributed by atoms with E-state index in [0.717, 1.165) is 24.5 Å². The predicted octanol–water partition coefficient (Wildman–Crippen LogP) is 7.09. The summed E-state index contributed by atoms with van der Waals surface area (Å²) in [6.07, 6.45) is 13.2. The van der Waals surface area contributed by atoms with Gasteiger partial charge in [0.1, 0.15) is 5.69 Å². The zero-order chi connectivity index (χ0) is 21.2. The lowest BCUT2D eigenvalue weighted by Gasteiger charge is -2.27. The van der Waals surface area contributed by atoms with Crippen LogP contribution in [0.3, 0.4) is 0 Å². The molecule has 4 nitrogen and oxygen atoms in total. The number of rotatable bonds is 14. The first-order valence-corrected chi connectivity index (χ1v) is 12.0. The molecule has 1 aromatic rings. The number of anilines is 2. The van der Waals surface area contributed by atoms with Crippen LogP contribution in [0, 0.1) is 0 Å². The molecule has 0 bridgehead atoms. The van der Waals surface area contributed by atoms with Gasteiger partial charge in [-0.1, -0.05) is 64.7 Å². The van der Waals surface area contributed by atoms with E-state index in [1.807, 2.05) is 6.07 Å². The Kier molecular flexibility index (Phi) is 9.96. The first kappa shape index (κ1) is 23.7. The molecule has 2 rings (SSSR count). The van der Waals surface area contributed by atoms with Crippen molar-refractivity contribution in [1.82, 2.24) is 0 Å². The molecule has 0 spiro atoms. The minimum Gasteiger partial charge on any atom is -0.503 e. The van der Waals surface area contributed by atoms with E-state index in [1.165, 1.54) is 57.8 Å². The number of unbranched alkanes of at least 4 members (excludes halogenated alkanes) is 9. The van der Waals surface area contributed by atoms with E-state index in [9.17, 15) is 5.11 Å². The van der Waals surface area contributed by atoms with Gasteiger partial charge in [-0.25, -0.2) is 0 Å². The normalized spacial score (nSPS) is 13.6. The maximum atomic E-state index is 10.9. The van der Waals surface area contributed by atoms with E-state index in [4.69, 9.17) is 4.74 Å². The minimum atomic E-state index is 0.298. The van der Waals surface area contributed by atoms with Gasteiger partial charge in [0.25, 0.3) is 0 Å². The molecular formula is C25H44N2O2. The summed E-state index contributed by atoms with van der Waals surface area (Å²) in [6, 6.07) is 4.77. The monoisotopic (exact) mass is 404 g/mol.